The Bertz CT molecular complexity index is 1310. The molecule has 5 heterocycles. The SMILES string of the molecule is Cc1cc(Nc2nc(N[C@@H]3C[C@H]4CC[C@@H](C3)N4CCC#N)nc3cc(NCC4CCN(C)CC4)ccc23)n[nH]1. The Labute approximate surface area is 230 Å². The zero-order valence-corrected chi connectivity index (χ0v) is 23.1. The highest BCUT2D eigenvalue weighted by Gasteiger charge is 2.40. The van der Waals surface area contributed by atoms with Crippen LogP contribution in [0.5, 0.6) is 0 Å². The minimum atomic E-state index is 0.324. The molecule has 0 unspecified atom stereocenters. The first kappa shape index (κ1) is 25.8. The van der Waals surface area contributed by atoms with Crippen LogP contribution in [0.1, 0.15) is 50.6 Å². The van der Waals surface area contributed by atoms with Gasteiger partial charge >= 0.3 is 0 Å². The summed E-state index contributed by atoms with van der Waals surface area (Å²) in [4.78, 5) is 14.9. The Morgan fingerprint density at radius 3 is 2.59 bits per heavy atom. The summed E-state index contributed by atoms with van der Waals surface area (Å²) in [6.45, 7) is 6.21. The molecule has 0 saturated carbocycles. The Balaban J connectivity index is 1.22. The summed E-state index contributed by atoms with van der Waals surface area (Å²) in [7, 11) is 2.21. The lowest BCUT2D eigenvalue weighted by molar-refractivity contribution is 0.135. The summed E-state index contributed by atoms with van der Waals surface area (Å²) in [6.07, 6.45) is 7.62. The molecule has 3 aromatic rings. The van der Waals surface area contributed by atoms with E-state index in [9.17, 15) is 0 Å². The number of nitriles is 1. The number of nitrogens with zero attached hydrogens (tertiary/aromatic N) is 6. The van der Waals surface area contributed by atoms with Crippen LogP contribution in [-0.4, -0.2) is 81.3 Å². The van der Waals surface area contributed by atoms with E-state index >= 15 is 0 Å². The molecule has 3 atom stereocenters. The van der Waals surface area contributed by atoms with Crippen molar-refractivity contribution >= 4 is 34.2 Å². The topological polar surface area (TPSA) is 121 Å². The van der Waals surface area contributed by atoms with Crippen molar-refractivity contribution in [1.82, 2.24) is 30.0 Å². The van der Waals surface area contributed by atoms with Gasteiger partial charge in [0.2, 0.25) is 5.95 Å². The third-order valence-corrected chi connectivity index (χ3v) is 8.78. The van der Waals surface area contributed by atoms with Gasteiger partial charge in [-0.15, -0.1) is 0 Å². The van der Waals surface area contributed by atoms with E-state index in [0.29, 0.717) is 36.4 Å². The molecule has 10 nitrogen and oxygen atoms in total. The standard InChI is InChI=1S/C29H40N10/c1-19-14-27(37-36-19)34-28-25-7-4-21(31-18-20-8-12-38(2)13-9-20)17-26(25)33-29(35-28)32-22-15-23-5-6-24(16-22)39(23)11-3-10-30/h4,7,14,17,20,22-24,31H,3,5-6,8-9,11-13,15-16,18H2,1-2H3,(H3,32,33,34,35,36,37)/t22-,23-,24+. The van der Waals surface area contributed by atoms with Gasteiger partial charge in [0.25, 0.3) is 0 Å². The fourth-order valence-electron chi connectivity index (χ4n) is 6.65. The van der Waals surface area contributed by atoms with Crippen LogP contribution < -0.4 is 16.0 Å². The maximum Gasteiger partial charge on any atom is 0.225 e. The Hall–Kier alpha value is -3.42. The molecule has 206 valence electrons. The Morgan fingerprint density at radius 2 is 1.87 bits per heavy atom. The second-order valence-electron chi connectivity index (χ2n) is 11.7. The number of anilines is 4. The zero-order valence-electron chi connectivity index (χ0n) is 23.1. The number of H-pyrrole nitrogens is 1. The molecule has 3 fully saturated rings. The summed E-state index contributed by atoms with van der Waals surface area (Å²) in [6, 6.07) is 12.1. The molecule has 10 heteroatoms. The maximum absolute atomic E-state index is 9.06. The van der Waals surface area contributed by atoms with Crippen molar-refractivity contribution in [2.45, 2.75) is 70.0 Å². The first-order valence-electron chi connectivity index (χ1n) is 14.5. The molecule has 2 bridgehead atoms. The minimum Gasteiger partial charge on any atom is -0.385 e. The van der Waals surface area contributed by atoms with Crippen molar-refractivity contribution < 1.29 is 0 Å². The summed E-state index contributed by atoms with van der Waals surface area (Å²) in [5.41, 5.74) is 3.00. The molecule has 3 aliphatic heterocycles. The van der Waals surface area contributed by atoms with E-state index in [2.05, 4.69) is 67.3 Å². The quantitative estimate of drug-likeness (QED) is 0.318. The molecule has 0 spiro atoms. The van der Waals surface area contributed by atoms with Crippen LogP contribution in [0.15, 0.2) is 24.3 Å². The fraction of sp³-hybridized carbons (Fsp3) is 0.586. The summed E-state index contributed by atoms with van der Waals surface area (Å²) in [5, 5.41) is 28.2. The Kier molecular flexibility index (Phi) is 7.53. The average Bonchev–Trinajstić information content (AvgIpc) is 3.44. The highest BCUT2D eigenvalue weighted by Crippen LogP contribution is 2.37. The van der Waals surface area contributed by atoms with E-state index in [-0.39, 0.29) is 0 Å². The van der Waals surface area contributed by atoms with Crippen LogP contribution in [-0.2, 0) is 0 Å². The largest absolute Gasteiger partial charge is 0.385 e. The lowest BCUT2D eigenvalue weighted by Gasteiger charge is -2.38. The van der Waals surface area contributed by atoms with Crippen molar-refractivity contribution in [1.29, 1.82) is 5.26 Å². The monoisotopic (exact) mass is 528 g/mol. The summed E-state index contributed by atoms with van der Waals surface area (Å²) in [5.74, 6) is 2.85. The number of aromatic amines is 1. The van der Waals surface area contributed by atoms with E-state index in [1.165, 1.54) is 38.8 Å². The van der Waals surface area contributed by atoms with Crippen LogP contribution in [0.3, 0.4) is 0 Å². The lowest BCUT2D eigenvalue weighted by atomic mass is 9.97. The number of piperidine rings is 2. The van der Waals surface area contributed by atoms with Crippen molar-refractivity contribution in [3.8, 4) is 6.07 Å². The molecule has 3 saturated heterocycles. The first-order valence-corrected chi connectivity index (χ1v) is 14.5. The predicted molar refractivity (Wildman–Crippen MR) is 155 cm³/mol. The number of benzene rings is 1. The number of fused-ring (bicyclic) bond motifs is 3. The smallest absolute Gasteiger partial charge is 0.225 e. The molecule has 4 N–H and O–H groups in total. The van der Waals surface area contributed by atoms with Crippen LogP contribution >= 0.6 is 0 Å². The van der Waals surface area contributed by atoms with E-state index in [4.69, 9.17) is 15.2 Å². The van der Waals surface area contributed by atoms with Gasteiger partial charge < -0.3 is 20.9 Å². The summed E-state index contributed by atoms with van der Waals surface area (Å²) >= 11 is 0. The van der Waals surface area contributed by atoms with Gasteiger partial charge in [-0.2, -0.15) is 15.3 Å². The molecule has 2 aromatic heterocycles. The van der Waals surface area contributed by atoms with Crippen LogP contribution in [0.2, 0.25) is 0 Å². The number of hydrogen-bond donors (Lipinski definition) is 4. The van der Waals surface area contributed by atoms with Gasteiger partial charge in [-0.1, -0.05) is 0 Å². The first-order chi connectivity index (χ1) is 19.0. The lowest BCUT2D eigenvalue weighted by Crippen LogP contribution is -2.47. The molecule has 0 radical (unpaired) electrons. The van der Waals surface area contributed by atoms with Gasteiger partial charge in [0.15, 0.2) is 5.82 Å². The van der Waals surface area contributed by atoms with Gasteiger partial charge in [-0.05, 0) is 89.7 Å². The molecular formula is C29H40N10. The maximum atomic E-state index is 9.06. The Morgan fingerprint density at radius 1 is 1.08 bits per heavy atom. The fourth-order valence-corrected chi connectivity index (χ4v) is 6.65. The van der Waals surface area contributed by atoms with Crippen LogP contribution in [0, 0.1) is 24.2 Å². The highest BCUT2D eigenvalue weighted by atomic mass is 15.3. The molecular weight excluding hydrogens is 488 g/mol. The molecule has 6 rings (SSSR count). The van der Waals surface area contributed by atoms with Gasteiger partial charge in [-0.25, -0.2) is 4.98 Å². The number of likely N-dealkylation sites (tertiary alicyclic amines) is 1. The number of aryl methyl sites for hydroxylation is 1. The number of hydrogen-bond acceptors (Lipinski definition) is 9. The molecule has 0 amide bonds. The van der Waals surface area contributed by atoms with Crippen molar-refractivity contribution in [3.05, 3.63) is 30.0 Å². The predicted octanol–water partition coefficient (Wildman–Crippen LogP) is 4.48. The van der Waals surface area contributed by atoms with Gasteiger partial charge in [0.05, 0.1) is 11.6 Å². The third kappa shape index (κ3) is 5.94. The molecule has 3 aliphatic rings. The second kappa shape index (κ2) is 11.4. The minimum absolute atomic E-state index is 0.324. The van der Waals surface area contributed by atoms with E-state index in [1.807, 2.05) is 13.0 Å². The van der Waals surface area contributed by atoms with Crippen LogP contribution in [0.4, 0.5) is 23.3 Å². The second-order valence-corrected chi connectivity index (χ2v) is 11.7. The number of aromatic nitrogens is 4. The van der Waals surface area contributed by atoms with Gasteiger partial charge in [-0.3, -0.25) is 10.00 Å². The highest BCUT2D eigenvalue weighted by molar-refractivity contribution is 5.93. The number of nitrogens with one attached hydrogen (secondary N) is 4. The molecule has 39 heavy (non-hydrogen) atoms. The van der Waals surface area contributed by atoms with E-state index < -0.39 is 0 Å². The normalized spacial score (nSPS) is 24.1. The molecule has 0 aliphatic carbocycles. The van der Waals surface area contributed by atoms with Gasteiger partial charge in [0, 0.05) is 60.5 Å². The average molecular weight is 529 g/mol. The van der Waals surface area contributed by atoms with E-state index in [1.54, 1.807) is 0 Å². The van der Waals surface area contributed by atoms with Gasteiger partial charge in [0.1, 0.15) is 5.82 Å². The summed E-state index contributed by atoms with van der Waals surface area (Å²) < 4.78 is 0. The van der Waals surface area contributed by atoms with Crippen molar-refractivity contribution in [2.24, 2.45) is 5.92 Å². The van der Waals surface area contributed by atoms with Crippen molar-refractivity contribution in [2.75, 3.05) is 49.2 Å². The number of rotatable bonds is 9. The zero-order chi connectivity index (χ0) is 26.8. The molecule has 1 aromatic carbocycles. The van der Waals surface area contributed by atoms with Crippen LogP contribution in [0.25, 0.3) is 10.9 Å². The van der Waals surface area contributed by atoms with Crippen molar-refractivity contribution in [3.63, 3.8) is 0 Å². The van der Waals surface area contributed by atoms with E-state index in [0.717, 1.165) is 59.9 Å². The third-order valence-electron chi connectivity index (χ3n) is 8.78.